The Balaban J connectivity index is 1.72. The lowest BCUT2D eigenvalue weighted by Crippen LogP contribution is -2.35. The summed E-state index contributed by atoms with van der Waals surface area (Å²) in [5.41, 5.74) is 0.518. The molecule has 0 fully saturated rings. The monoisotopic (exact) mass is 628 g/mol. The second-order valence-corrected chi connectivity index (χ2v) is 10.3. The Labute approximate surface area is 233 Å². The van der Waals surface area contributed by atoms with Crippen LogP contribution in [-0.4, -0.2) is 47.0 Å². The van der Waals surface area contributed by atoms with Gasteiger partial charge in [-0.2, -0.15) is 18.3 Å². The third-order valence-corrected chi connectivity index (χ3v) is 7.97. The number of alkyl halides is 3. The van der Waals surface area contributed by atoms with Crippen molar-refractivity contribution in [3.63, 3.8) is 0 Å². The molecule has 3 heterocycles. The smallest absolute Gasteiger partial charge is 0.410 e. The number of esters is 2. The number of hydrogen-bond acceptors (Lipinski definition) is 8. The van der Waals surface area contributed by atoms with Gasteiger partial charge in [-0.1, -0.05) is 30.3 Å². The Bertz CT molecular complexity index is 1410. The molecule has 208 valence electrons. The quantitative estimate of drug-likeness (QED) is 0.296. The lowest BCUT2D eigenvalue weighted by molar-refractivity contribution is -0.173. The Morgan fingerprint density at radius 1 is 1.15 bits per heavy atom. The lowest BCUT2D eigenvalue weighted by Gasteiger charge is -2.33. The Hall–Kier alpha value is -3.39. The van der Waals surface area contributed by atoms with Crippen molar-refractivity contribution in [3.8, 4) is 0 Å². The fourth-order valence-corrected chi connectivity index (χ4v) is 5.88. The van der Waals surface area contributed by atoms with Crippen LogP contribution in [0.25, 0.3) is 0 Å². The van der Waals surface area contributed by atoms with E-state index in [4.69, 9.17) is 9.47 Å². The van der Waals surface area contributed by atoms with Crippen LogP contribution >= 0.6 is 27.3 Å². The van der Waals surface area contributed by atoms with Crippen LogP contribution in [0.2, 0.25) is 0 Å². The zero-order valence-corrected chi connectivity index (χ0v) is 23.4. The summed E-state index contributed by atoms with van der Waals surface area (Å²) in [5, 5.41) is 9.56. The Morgan fingerprint density at radius 3 is 2.41 bits per heavy atom. The van der Waals surface area contributed by atoms with E-state index in [1.54, 1.807) is 44.2 Å². The minimum atomic E-state index is -4.64. The first-order chi connectivity index (χ1) is 18.5. The number of hydrogen-bond donors (Lipinski definition) is 2. The third kappa shape index (κ3) is 5.66. The van der Waals surface area contributed by atoms with Gasteiger partial charge in [-0.15, -0.1) is 11.3 Å². The Morgan fingerprint density at radius 2 is 1.79 bits per heavy atom. The maximum Gasteiger partial charge on any atom is 0.410 e. The summed E-state index contributed by atoms with van der Waals surface area (Å²) in [6, 6.07) is 5.98. The highest BCUT2D eigenvalue weighted by molar-refractivity contribution is 9.10. The zero-order valence-electron chi connectivity index (χ0n) is 21.0. The summed E-state index contributed by atoms with van der Waals surface area (Å²) < 4.78 is 53.2. The van der Waals surface area contributed by atoms with Crippen molar-refractivity contribution >= 4 is 55.9 Å². The first-order valence-electron chi connectivity index (χ1n) is 11.9. The molecule has 39 heavy (non-hydrogen) atoms. The predicted molar refractivity (Wildman–Crippen MR) is 141 cm³/mol. The van der Waals surface area contributed by atoms with E-state index in [0.29, 0.717) is 5.56 Å². The largest absolute Gasteiger partial charge is 0.462 e. The fourth-order valence-electron chi connectivity index (χ4n) is 4.24. The van der Waals surface area contributed by atoms with Crippen LogP contribution in [0.1, 0.15) is 74.0 Å². The van der Waals surface area contributed by atoms with Gasteiger partial charge in [0.2, 0.25) is 0 Å². The van der Waals surface area contributed by atoms with Gasteiger partial charge in [0.15, 0.2) is 11.7 Å². The molecule has 0 radical (unpaired) electrons. The van der Waals surface area contributed by atoms with Crippen LogP contribution in [0.3, 0.4) is 0 Å². The van der Waals surface area contributed by atoms with Crippen molar-refractivity contribution in [2.45, 2.75) is 45.5 Å². The van der Waals surface area contributed by atoms with Gasteiger partial charge in [-0.05, 0) is 47.8 Å². The van der Waals surface area contributed by atoms with Crippen molar-refractivity contribution in [2.24, 2.45) is 0 Å². The number of fused-ring (bicyclic) bond motifs is 1. The summed E-state index contributed by atoms with van der Waals surface area (Å²) in [5.74, 6) is -2.36. The molecule has 1 aliphatic heterocycles. The molecule has 0 unspecified atom stereocenters. The van der Waals surface area contributed by atoms with Gasteiger partial charge in [0, 0.05) is 6.42 Å². The summed E-state index contributed by atoms with van der Waals surface area (Å²) in [7, 11) is 0. The van der Waals surface area contributed by atoms with E-state index >= 15 is 0 Å². The van der Waals surface area contributed by atoms with Crippen LogP contribution in [0.15, 0.2) is 34.8 Å². The SMILES string of the molecule is CCOC(=O)c1sc(NC(=O)c2nn3c(c2Br)N[C@@H](c2ccccc2)C[C@@H]3C(F)(F)F)c(C(=O)OCC)c1C. The van der Waals surface area contributed by atoms with Gasteiger partial charge < -0.3 is 20.1 Å². The first kappa shape index (κ1) is 28.6. The number of ether oxygens (including phenoxy) is 2. The highest BCUT2D eigenvalue weighted by atomic mass is 79.9. The number of anilines is 2. The topological polar surface area (TPSA) is 112 Å². The van der Waals surface area contributed by atoms with Crippen molar-refractivity contribution in [3.05, 3.63) is 62.1 Å². The second-order valence-electron chi connectivity index (χ2n) is 8.51. The summed E-state index contributed by atoms with van der Waals surface area (Å²) in [4.78, 5) is 38.5. The molecule has 2 atom stereocenters. The van der Waals surface area contributed by atoms with Gasteiger partial charge in [-0.3, -0.25) is 4.79 Å². The predicted octanol–water partition coefficient (Wildman–Crippen LogP) is 6.28. The zero-order chi connectivity index (χ0) is 28.5. The second kappa shape index (κ2) is 11.4. The average Bonchev–Trinajstić information content (AvgIpc) is 3.40. The fraction of sp³-hybridized carbons (Fsp3) is 0.360. The molecule has 0 spiro atoms. The number of benzene rings is 1. The first-order valence-corrected chi connectivity index (χ1v) is 13.5. The molecule has 0 saturated heterocycles. The van der Waals surface area contributed by atoms with E-state index in [1.165, 1.54) is 6.92 Å². The lowest BCUT2D eigenvalue weighted by atomic mass is 9.97. The number of carbonyl (C=O) groups excluding carboxylic acids is 3. The third-order valence-electron chi connectivity index (χ3n) is 6.03. The summed E-state index contributed by atoms with van der Waals surface area (Å²) >= 11 is 4.05. The number of aromatic nitrogens is 2. The van der Waals surface area contributed by atoms with Crippen molar-refractivity contribution in [2.75, 3.05) is 23.8 Å². The number of nitrogens with zero attached hydrogens (tertiary/aromatic N) is 2. The Kier molecular flexibility index (Phi) is 8.35. The van der Waals surface area contributed by atoms with Crippen LogP contribution in [-0.2, 0) is 9.47 Å². The number of rotatable bonds is 7. The molecule has 4 rings (SSSR count). The summed E-state index contributed by atoms with van der Waals surface area (Å²) in [6.07, 6.45) is -4.98. The molecule has 1 aliphatic rings. The van der Waals surface area contributed by atoms with E-state index in [2.05, 4.69) is 31.7 Å². The molecule has 2 N–H and O–H groups in total. The van der Waals surface area contributed by atoms with Crippen LogP contribution in [0.4, 0.5) is 24.0 Å². The maximum absolute atomic E-state index is 14.1. The molecule has 0 saturated carbocycles. The molecule has 0 aliphatic carbocycles. The van der Waals surface area contributed by atoms with Crippen LogP contribution in [0, 0.1) is 6.92 Å². The van der Waals surface area contributed by atoms with Crippen molar-refractivity contribution in [1.82, 2.24) is 9.78 Å². The number of nitrogens with one attached hydrogen (secondary N) is 2. The van der Waals surface area contributed by atoms with E-state index in [1.807, 2.05) is 0 Å². The minimum absolute atomic E-state index is 0.0113. The van der Waals surface area contributed by atoms with E-state index in [0.717, 1.165) is 16.0 Å². The van der Waals surface area contributed by atoms with Gasteiger partial charge in [0.25, 0.3) is 5.91 Å². The van der Waals surface area contributed by atoms with E-state index in [-0.39, 0.29) is 56.6 Å². The number of carbonyl (C=O) groups is 3. The molecule has 2 aromatic heterocycles. The van der Waals surface area contributed by atoms with Gasteiger partial charge in [-0.25, -0.2) is 14.3 Å². The molecule has 1 amide bonds. The van der Waals surface area contributed by atoms with Gasteiger partial charge >= 0.3 is 18.1 Å². The highest BCUT2D eigenvalue weighted by Gasteiger charge is 2.48. The van der Waals surface area contributed by atoms with Gasteiger partial charge in [0.1, 0.15) is 15.7 Å². The van der Waals surface area contributed by atoms with Crippen molar-refractivity contribution in [1.29, 1.82) is 0 Å². The molecule has 14 heteroatoms. The molecule has 0 bridgehead atoms. The van der Waals surface area contributed by atoms with Crippen molar-refractivity contribution < 1.29 is 37.0 Å². The molecular formula is C25H24BrF3N4O5S. The molecule has 3 aromatic rings. The molecular weight excluding hydrogens is 605 g/mol. The average molecular weight is 629 g/mol. The van der Waals surface area contributed by atoms with E-state index < -0.39 is 36.1 Å². The van der Waals surface area contributed by atoms with Gasteiger partial charge in [0.05, 0.1) is 29.3 Å². The molecule has 9 nitrogen and oxygen atoms in total. The number of amides is 1. The molecule has 1 aromatic carbocycles. The normalized spacial score (nSPS) is 16.7. The highest BCUT2D eigenvalue weighted by Crippen LogP contribution is 2.46. The minimum Gasteiger partial charge on any atom is -0.462 e. The van der Waals surface area contributed by atoms with E-state index in [9.17, 15) is 27.6 Å². The maximum atomic E-state index is 14.1. The number of thiophene rings is 1. The van der Waals surface area contributed by atoms with Crippen LogP contribution in [0.5, 0.6) is 0 Å². The van der Waals surface area contributed by atoms with Crippen LogP contribution < -0.4 is 10.6 Å². The standard InChI is InChI=1S/C25H24BrF3N4O5S/c1-4-37-23(35)16-12(3)19(24(36)38-5-2)39-22(16)31-21(34)18-17(26)20-30-14(13-9-7-6-8-10-13)11-15(25(27,28)29)33(20)32-18/h6-10,14-15,30H,4-5,11H2,1-3H3,(H,31,34)/t14-,15-/m1/s1. The number of halogens is 4. The summed E-state index contributed by atoms with van der Waals surface area (Å²) in [6.45, 7) is 4.87.